The maximum Gasteiger partial charge on any atom is 0.325 e. The van der Waals surface area contributed by atoms with Crippen molar-refractivity contribution in [3.63, 3.8) is 0 Å². The topological polar surface area (TPSA) is 68.0 Å². The largest absolute Gasteiger partial charge is 0.480 e. The Morgan fingerprint density at radius 3 is 2.84 bits per heavy atom. The molecular formula is C12H7BrFN3O2. The molecular weight excluding hydrogens is 317 g/mol. The molecule has 0 saturated heterocycles. The van der Waals surface area contributed by atoms with Crippen molar-refractivity contribution in [2.24, 2.45) is 0 Å². The van der Waals surface area contributed by atoms with Gasteiger partial charge in [-0.25, -0.2) is 9.37 Å². The second kappa shape index (κ2) is 5.63. The molecule has 0 amide bonds. The molecule has 5 nitrogen and oxygen atoms in total. The van der Waals surface area contributed by atoms with Gasteiger partial charge in [0.05, 0.1) is 23.3 Å². The van der Waals surface area contributed by atoms with Crippen molar-refractivity contribution >= 4 is 15.9 Å². The average molecular weight is 324 g/mol. The van der Waals surface area contributed by atoms with E-state index < -0.39 is 5.82 Å². The monoisotopic (exact) mass is 323 g/mol. The van der Waals surface area contributed by atoms with E-state index in [0.29, 0.717) is 10.4 Å². The number of rotatable bonds is 3. The van der Waals surface area contributed by atoms with Crippen LogP contribution >= 0.6 is 15.9 Å². The quantitative estimate of drug-likeness (QED) is 0.868. The highest BCUT2D eigenvalue weighted by molar-refractivity contribution is 9.10. The van der Waals surface area contributed by atoms with Gasteiger partial charge >= 0.3 is 6.01 Å². The Kier molecular flexibility index (Phi) is 3.92. The highest BCUT2D eigenvalue weighted by atomic mass is 79.9. The van der Waals surface area contributed by atoms with Crippen LogP contribution in [0, 0.1) is 17.1 Å². The highest BCUT2D eigenvalue weighted by Crippen LogP contribution is 2.26. The Hall–Kier alpha value is -2.20. The van der Waals surface area contributed by atoms with Crippen LogP contribution < -0.4 is 9.47 Å². The molecule has 0 aliphatic rings. The maximum atomic E-state index is 13.4. The third-order valence-corrected chi connectivity index (χ3v) is 2.70. The highest BCUT2D eigenvalue weighted by Gasteiger charge is 2.09. The zero-order chi connectivity index (χ0) is 13.8. The van der Waals surface area contributed by atoms with Crippen LogP contribution in [0.4, 0.5) is 4.39 Å². The van der Waals surface area contributed by atoms with Crippen LogP contribution in [0.15, 0.2) is 28.9 Å². The average Bonchev–Trinajstić information content (AvgIpc) is 2.41. The molecule has 2 rings (SSSR count). The molecule has 1 aromatic carbocycles. The molecule has 0 fully saturated rings. The number of halogens is 2. The first kappa shape index (κ1) is 13.2. The lowest BCUT2D eigenvalue weighted by atomic mass is 10.2. The van der Waals surface area contributed by atoms with E-state index in [-0.39, 0.29) is 17.3 Å². The van der Waals surface area contributed by atoms with E-state index >= 15 is 0 Å². The lowest BCUT2D eigenvalue weighted by molar-refractivity contribution is 0.373. The van der Waals surface area contributed by atoms with Gasteiger partial charge in [-0.15, -0.1) is 0 Å². The summed E-state index contributed by atoms with van der Waals surface area (Å²) in [6.45, 7) is 0. The predicted molar refractivity (Wildman–Crippen MR) is 67.5 cm³/mol. The summed E-state index contributed by atoms with van der Waals surface area (Å²) in [6.07, 6.45) is 1.46. The van der Waals surface area contributed by atoms with Crippen molar-refractivity contribution < 1.29 is 13.9 Å². The van der Waals surface area contributed by atoms with Crippen LogP contribution in [0.5, 0.6) is 17.6 Å². The molecule has 0 atom stereocenters. The molecule has 7 heteroatoms. The first-order valence-corrected chi connectivity index (χ1v) is 5.87. The van der Waals surface area contributed by atoms with Gasteiger partial charge in [-0.3, -0.25) is 0 Å². The van der Waals surface area contributed by atoms with Gasteiger partial charge in [0.1, 0.15) is 17.6 Å². The molecule has 1 heterocycles. The molecule has 0 aliphatic heterocycles. The fourth-order valence-electron chi connectivity index (χ4n) is 1.28. The minimum atomic E-state index is -0.663. The number of nitriles is 1. The van der Waals surface area contributed by atoms with Crippen molar-refractivity contribution in [2.45, 2.75) is 0 Å². The minimum Gasteiger partial charge on any atom is -0.480 e. The molecule has 96 valence electrons. The van der Waals surface area contributed by atoms with Gasteiger partial charge in [0.25, 0.3) is 0 Å². The zero-order valence-electron chi connectivity index (χ0n) is 9.72. The lowest BCUT2D eigenvalue weighted by Crippen LogP contribution is -1.96. The zero-order valence-corrected chi connectivity index (χ0v) is 11.3. The second-order valence-corrected chi connectivity index (χ2v) is 4.22. The second-order valence-electron chi connectivity index (χ2n) is 3.37. The van der Waals surface area contributed by atoms with Gasteiger partial charge < -0.3 is 9.47 Å². The van der Waals surface area contributed by atoms with Crippen molar-refractivity contribution in [3.05, 3.63) is 40.2 Å². The summed E-state index contributed by atoms with van der Waals surface area (Å²) >= 11 is 3.20. The van der Waals surface area contributed by atoms with Crippen LogP contribution in [0.2, 0.25) is 0 Å². The molecule has 1 aromatic heterocycles. The first-order chi connectivity index (χ1) is 9.13. The van der Waals surface area contributed by atoms with Crippen LogP contribution in [0.1, 0.15) is 5.56 Å². The fourth-order valence-corrected chi connectivity index (χ4v) is 1.64. The number of hydrogen-bond donors (Lipinski definition) is 0. The number of methoxy groups -OCH3 is 1. The molecule has 2 aromatic rings. The molecule has 19 heavy (non-hydrogen) atoms. The van der Waals surface area contributed by atoms with Crippen molar-refractivity contribution in [1.29, 1.82) is 5.26 Å². The van der Waals surface area contributed by atoms with E-state index in [9.17, 15) is 4.39 Å². The summed E-state index contributed by atoms with van der Waals surface area (Å²) < 4.78 is 24.2. The van der Waals surface area contributed by atoms with Gasteiger partial charge in [-0.2, -0.15) is 10.2 Å². The molecule has 0 spiro atoms. The van der Waals surface area contributed by atoms with Gasteiger partial charge in [0.2, 0.25) is 5.88 Å². The molecule has 0 radical (unpaired) electrons. The van der Waals surface area contributed by atoms with Crippen molar-refractivity contribution in [3.8, 4) is 23.7 Å². The summed E-state index contributed by atoms with van der Waals surface area (Å²) in [5, 5.41) is 8.62. The van der Waals surface area contributed by atoms with E-state index in [0.717, 1.165) is 6.07 Å². The Labute approximate surface area is 116 Å². The normalized spacial score (nSPS) is 9.79. The minimum absolute atomic E-state index is 0.0177. The summed E-state index contributed by atoms with van der Waals surface area (Å²) in [7, 11) is 1.46. The smallest absolute Gasteiger partial charge is 0.325 e. The summed E-state index contributed by atoms with van der Waals surface area (Å²) in [6, 6.07) is 5.61. The van der Waals surface area contributed by atoms with Crippen LogP contribution in [-0.2, 0) is 0 Å². The van der Waals surface area contributed by atoms with E-state index in [1.54, 1.807) is 6.07 Å². The molecule has 0 saturated carbocycles. The van der Waals surface area contributed by atoms with Gasteiger partial charge in [0, 0.05) is 6.07 Å². The number of benzene rings is 1. The third-order valence-electron chi connectivity index (χ3n) is 2.15. The lowest BCUT2D eigenvalue weighted by Gasteiger charge is -2.06. The van der Waals surface area contributed by atoms with Gasteiger partial charge in [-0.1, -0.05) is 0 Å². The SMILES string of the molecule is COc1nc(Oc2ccc(C#N)c(F)c2)ncc1Br. The number of aromatic nitrogens is 2. The molecule has 0 aliphatic carbocycles. The maximum absolute atomic E-state index is 13.4. The number of ether oxygens (including phenoxy) is 2. The number of nitrogens with zero attached hydrogens (tertiary/aromatic N) is 3. The Morgan fingerprint density at radius 1 is 1.42 bits per heavy atom. The van der Waals surface area contributed by atoms with Gasteiger partial charge in [0.15, 0.2) is 0 Å². The van der Waals surface area contributed by atoms with E-state index in [4.69, 9.17) is 14.7 Å². The van der Waals surface area contributed by atoms with E-state index in [1.807, 2.05) is 0 Å². The third kappa shape index (κ3) is 2.98. The van der Waals surface area contributed by atoms with E-state index in [2.05, 4.69) is 25.9 Å². The van der Waals surface area contributed by atoms with Crippen LogP contribution in [0.3, 0.4) is 0 Å². The molecule has 0 N–H and O–H groups in total. The molecule has 0 bridgehead atoms. The van der Waals surface area contributed by atoms with Crippen molar-refractivity contribution in [2.75, 3.05) is 7.11 Å². The predicted octanol–water partition coefficient (Wildman–Crippen LogP) is 3.05. The first-order valence-electron chi connectivity index (χ1n) is 5.08. The van der Waals surface area contributed by atoms with E-state index in [1.165, 1.54) is 25.4 Å². The Bertz CT molecular complexity index is 649. The summed E-state index contributed by atoms with van der Waals surface area (Å²) in [5.41, 5.74) is -0.0540. The standard InChI is InChI=1S/C12H7BrFN3O2/c1-18-11-9(13)6-16-12(17-11)19-8-3-2-7(5-15)10(14)4-8/h2-4,6H,1H3. The Balaban J connectivity index is 2.26. The Morgan fingerprint density at radius 2 is 2.21 bits per heavy atom. The summed E-state index contributed by atoms with van der Waals surface area (Å²) in [4.78, 5) is 7.88. The van der Waals surface area contributed by atoms with Gasteiger partial charge in [-0.05, 0) is 28.1 Å². The van der Waals surface area contributed by atoms with Crippen LogP contribution in [-0.4, -0.2) is 17.1 Å². The fraction of sp³-hybridized carbons (Fsp3) is 0.0833. The molecule has 0 unspecified atom stereocenters. The number of hydrogen-bond acceptors (Lipinski definition) is 5. The summed E-state index contributed by atoms with van der Waals surface area (Å²) in [5.74, 6) is -0.163. The van der Waals surface area contributed by atoms with Crippen LogP contribution in [0.25, 0.3) is 0 Å². The van der Waals surface area contributed by atoms with Crippen molar-refractivity contribution in [1.82, 2.24) is 9.97 Å².